The fourth-order valence-corrected chi connectivity index (χ4v) is 12.0. The van der Waals surface area contributed by atoms with Gasteiger partial charge >= 0.3 is 0 Å². The maximum atomic E-state index is 14.2. The maximum absolute atomic E-state index is 14.2. The zero-order valence-electron chi connectivity index (χ0n) is 28.0. The van der Waals surface area contributed by atoms with Crippen LogP contribution in [0.25, 0.3) is 32.0 Å². The average molecular weight is 697 g/mol. The summed E-state index contributed by atoms with van der Waals surface area (Å²) in [6.45, 7) is 6.71. The number of hydrogen-bond donors (Lipinski definition) is 1. The fourth-order valence-electron chi connectivity index (χ4n) is 8.59. The number of hydrogen-bond acceptors (Lipinski definition) is 11. The largest absolute Gasteiger partial charge is 0.421 e. The van der Waals surface area contributed by atoms with E-state index in [2.05, 4.69) is 46.5 Å². The van der Waals surface area contributed by atoms with Crippen molar-refractivity contribution in [3.63, 3.8) is 0 Å². The van der Waals surface area contributed by atoms with Crippen molar-refractivity contribution in [2.24, 2.45) is 11.3 Å². The molecule has 2 bridgehead atoms. The summed E-state index contributed by atoms with van der Waals surface area (Å²) in [7, 11) is -3.67. The highest BCUT2D eigenvalue weighted by molar-refractivity contribution is 7.92. The van der Waals surface area contributed by atoms with Crippen LogP contribution in [0.4, 0.5) is 5.82 Å². The van der Waals surface area contributed by atoms with Crippen molar-refractivity contribution in [2.75, 3.05) is 17.7 Å². The molecule has 0 unspecified atom stereocenters. The molecular formula is C37H40N6O4S2. The number of thiophene rings is 1. The lowest BCUT2D eigenvalue weighted by Crippen LogP contribution is -2.42. The molecule has 2 aliphatic carbocycles. The van der Waals surface area contributed by atoms with E-state index in [9.17, 15) is 8.42 Å². The molecule has 2 saturated heterocycles. The first kappa shape index (κ1) is 31.3. The first-order valence-corrected chi connectivity index (χ1v) is 20.0. The second-order valence-electron chi connectivity index (χ2n) is 14.8. The lowest BCUT2D eigenvalue weighted by Gasteiger charge is -2.46. The molecule has 5 aromatic heterocycles. The van der Waals surface area contributed by atoms with E-state index >= 15 is 0 Å². The van der Waals surface area contributed by atoms with Crippen molar-refractivity contribution >= 4 is 37.1 Å². The van der Waals surface area contributed by atoms with Gasteiger partial charge in [0.1, 0.15) is 5.82 Å². The molecule has 0 aromatic carbocycles. The van der Waals surface area contributed by atoms with Crippen LogP contribution in [0, 0.1) is 18.3 Å². The molecule has 0 amide bonds. The molecule has 3 fully saturated rings. The number of nitrogens with one attached hydrogen (secondary N) is 1. The number of fused-ring (bicyclic) bond motifs is 6. The van der Waals surface area contributed by atoms with E-state index in [1.54, 1.807) is 18.3 Å². The van der Waals surface area contributed by atoms with Crippen LogP contribution in [0.1, 0.15) is 92.9 Å². The van der Waals surface area contributed by atoms with Gasteiger partial charge in [0.05, 0.1) is 51.1 Å². The highest BCUT2D eigenvalue weighted by Gasteiger charge is 2.45. The van der Waals surface area contributed by atoms with Crippen LogP contribution in [-0.2, 0) is 27.4 Å². The fraction of sp³-hybridized carbons (Fsp3) is 0.486. The van der Waals surface area contributed by atoms with E-state index in [1.165, 1.54) is 5.56 Å². The van der Waals surface area contributed by atoms with Crippen molar-refractivity contribution in [1.82, 2.24) is 25.1 Å². The zero-order valence-corrected chi connectivity index (χ0v) is 29.7. The van der Waals surface area contributed by atoms with Gasteiger partial charge in [0.2, 0.25) is 11.8 Å². The minimum Gasteiger partial charge on any atom is -0.421 e. The molecule has 10 rings (SSSR count). The van der Waals surface area contributed by atoms with Crippen LogP contribution in [0.15, 0.2) is 46.0 Å². The van der Waals surface area contributed by atoms with Crippen LogP contribution in [0.2, 0.25) is 0 Å². The molecule has 10 nitrogen and oxygen atoms in total. The molecule has 1 N–H and O–H groups in total. The van der Waals surface area contributed by atoms with Crippen LogP contribution in [0.5, 0.6) is 0 Å². The summed E-state index contributed by atoms with van der Waals surface area (Å²) in [5.41, 5.74) is 5.20. The Morgan fingerprint density at radius 3 is 2.69 bits per heavy atom. The lowest BCUT2D eigenvalue weighted by atomic mass is 9.68. The van der Waals surface area contributed by atoms with E-state index in [0.29, 0.717) is 46.0 Å². The van der Waals surface area contributed by atoms with Crippen molar-refractivity contribution < 1.29 is 17.6 Å². The van der Waals surface area contributed by atoms with E-state index < -0.39 is 9.84 Å². The van der Waals surface area contributed by atoms with Gasteiger partial charge in [-0.1, -0.05) is 19.9 Å². The predicted octanol–water partition coefficient (Wildman–Crippen LogP) is 7.63. The quantitative estimate of drug-likeness (QED) is 0.173. The van der Waals surface area contributed by atoms with Gasteiger partial charge in [-0.3, -0.25) is 9.97 Å². The van der Waals surface area contributed by atoms with Gasteiger partial charge in [-0.2, -0.15) is 0 Å². The Balaban J connectivity index is 1.22. The van der Waals surface area contributed by atoms with E-state index in [4.69, 9.17) is 19.1 Å². The molecule has 49 heavy (non-hydrogen) atoms. The minimum absolute atomic E-state index is 0.0410. The van der Waals surface area contributed by atoms with Crippen LogP contribution < -0.4 is 5.32 Å². The second kappa shape index (κ2) is 11.7. The Kier molecular flexibility index (Phi) is 7.44. The van der Waals surface area contributed by atoms with E-state index in [-0.39, 0.29) is 29.0 Å². The Morgan fingerprint density at radius 2 is 1.94 bits per heavy atom. The van der Waals surface area contributed by atoms with Crippen molar-refractivity contribution in [2.45, 2.75) is 95.1 Å². The molecule has 5 aromatic rings. The first-order chi connectivity index (χ1) is 23.7. The van der Waals surface area contributed by atoms with Gasteiger partial charge in [0, 0.05) is 41.4 Å². The second-order valence-corrected chi connectivity index (χ2v) is 17.8. The van der Waals surface area contributed by atoms with Crippen LogP contribution in [-0.4, -0.2) is 52.0 Å². The monoisotopic (exact) mass is 696 g/mol. The third kappa shape index (κ3) is 5.29. The molecule has 8 heterocycles. The predicted molar refractivity (Wildman–Crippen MR) is 188 cm³/mol. The molecule has 254 valence electrons. The number of aryl methyl sites for hydroxylation is 3. The Hall–Kier alpha value is -3.74. The number of nitrogens with zero attached hydrogens (tertiary/aromatic N) is 5. The average Bonchev–Trinajstić information content (AvgIpc) is 3.89. The molecule has 3 aliphatic heterocycles. The number of aromatic nitrogens is 5. The highest BCUT2D eigenvalue weighted by Crippen LogP contribution is 2.52. The summed E-state index contributed by atoms with van der Waals surface area (Å²) < 4.78 is 41.8. The summed E-state index contributed by atoms with van der Waals surface area (Å²) in [4.78, 5) is 15.8. The Morgan fingerprint density at radius 1 is 1.08 bits per heavy atom. The Labute approximate surface area is 290 Å². The molecular weight excluding hydrogens is 657 g/mol. The molecule has 0 radical (unpaired) electrons. The van der Waals surface area contributed by atoms with E-state index in [0.717, 1.165) is 83.7 Å². The lowest BCUT2D eigenvalue weighted by molar-refractivity contribution is -0.117. The van der Waals surface area contributed by atoms with Gasteiger partial charge in [-0.25, -0.2) is 13.4 Å². The first-order valence-electron chi connectivity index (χ1n) is 17.5. The Bertz CT molecular complexity index is 2190. The van der Waals surface area contributed by atoms with Gasteiger partial charge in [-0.15, -0.1) is 21.5 Å². The number of sulfone groups is 1. The third-order valence-electron chi connectivity index (χ3n) is 11.3. The van der Waals surface area contributed by atoms with Gasteiger partial charge in [-0.05, 0) is 91.8 Å². The summed E-state index contributed by atoms with van der Waals surface area (Å²) in [5, 5.41) is 13.4. The topological polar surface area (TPSA) is 133 Å². The summed E-state index contributed by atoms with van der Waals surface area (Å²) in [5.74, 6) is 1.46. The normalized spacial score (nSPS) is 25.3. The summed E-state index contributed by atoms with van der Waals surface area (Å²) >= 11 is 1.56. The van der Waals surface area contributed by atoms with Gasteiger partial charge in [0.15, 0.2) is 9.84 Å². The van der Waals surface area contributed by atoms with E-state index in [1.807, 2.05) is 24.5 Å². The smallest absolute Gasteiger partial charge is 0.250 e. The van der Waals surface area contributed by atoms with Crippen LogP contribution in [0.3, 0.4) is 0 Å². The van der Waals surface area contributed by atoms with Gasteiger partial charge in [0.25, 0.3) is 0 Å². The number of rotatable bonds is 8. The standard InChI is InChI=1S/C37H40N6O4S2/c1-20(2)25-18-49(44,45)34-31(29-17-22-11-16-39-35(33(22)48-29)41-27-7-6-26-24(27)5-4-15-38-26)30(36-43-42-21(3)47-36)28(40-32(25)34)10-14-37-12-8-23(9-13-37)46-19-37/h4-5,11,15-17,20,23,25,27H,6-10,12-14,18-19H2,1-3H3,(H,39,41)/t23?,25-,27-,37?/m1/s1. The number of pyridine rings is 3. The van der Waals surface area contributed by atoms with Crippen molar-refractivity contribution in [3.05, 3.63) is 65.2 Å². The van der Waals surface area contributed by atoms with Crippen molar-refractivity contribution in [3.8, 4) is 21.9 Å². The summed E-state index contributed by atoms with van der Waals surface area (Å²) in [6.07, 6.45) is 12.0. The highest BCUT2D eigenvalue weighted by atomic mass is 32.2. The molecule has 12 heteroatoms. The van der Waals surface area contributed by atoms with Crippen LogP contribution >= 0.6 is 11.3 Å². The van der Waals surface area contributed by atoms with Gasteiger partial charge < -0.3 is 14.5 Å². The maximum Gasteiger partial charge on any atom is 0.250 e. The van der Waals surface area contributed by atoms with Crippen molar-refractivity contribution in [1.29, 1.82) is 0 Å². The number of anilines is 1. The molecule has 5 aliphatic rings. The number of ether oxygens (including phenoxy) is 1. The summed E-state index contributed by atoms with van der Waals surface area (Å²) in [6, 6.07) is 8.30. The molecule has 0 spiro atoms. The molecule has 2 atom stereocenters. The zero-order chi connectivity index (χ0) is 33.5. The molecule has 1 saturated carbocycles. The SMILES string of the molecule is Cc1nnc(-c2c(CCC34CCC(CC3)OC4)nc3c(c2-c2cc4ccnc(N[C@@H]5CCc6ncccc65)c4s2)S(=O)(=O)C[C@@H]3C(C)C)o1. The third-order valence-corrected chi connectivity index (χ3v) is 14.3. The minimum atomic E-state index is -3.67.